The van der Waals surface area contributed by atoms with Gasteiger partial charge in [0, 0.05) is 26.2 Å². The van der Waals surface area contributed by atoms with E-state index in [9.17, 15) is 5.11 Å². The number of nitrogens with one attached hydrogen (secondary N) is 1. The summed E-state index contributed by atoms with van der Waals surface area (Å²) in [5.41, 5.74) is 1.16. The molecule has 3 rings (SSSR count). The van der Waals surface area contributed by atoms with Gasteiger partial charge in [0.1, 0.15) is 12.7 Å². The highest BCUT2D eigenvalue weighted by Crippen LogP contribution is 2.28. The van der Waals surface area contributed by atoms with Crippen LogP contribution < -0.4 is 14.8 Å². The molecule has 7 nitrogen and oxygen atoms in total. The monoisotopic (exact) mass is 449 g/mol. The average Bonchev–Trinajstić information content (AvgIpc) is 2.80. The molecule has 182 valence electrons. The lowest BCUT2D eigenvalue weighted by Crippen LogP contribution is -2.37. The van der Waals surface area contributed by atoms with E-state index in [-0.39, 0.29) is 6.61 Å². The van der Waals surface area contributed by atoms with Gasteiger partial charge < -0.3 is 29.5 Å². The van der Waals surface area contributed by atoms with E-state index >= 15 is 0 Å². The van der Waals surface area contributed by atoms with E-state index in [1.165, 1.54) is 32.1 Å². The number of hydrogen-bond donors (Lipinski definition) is 2. The first kappa shape index (κ1) is 25.2. The Morgan fingerprint density at radius 3 is 2.50 bits per heavy atom. The molecule has 0 aliphatic carbocycles. The van der Waals surface area contributed by atoms with Gasteiger partial charge in [-0.15, -0.1) is 0 Å². The van der Waals surface area contributed by atoms with Gasteiger partial charge in [-0.1, -0.05) is 25.3 Å². The predicted molar refractivity (Wildman–Crippen MR) is 128 cm³/mol. The van der Waals surface area contributed by atoms with E-state index in [1.807, 2.05) is 12.1 Å². The zero-order chi connectivity index (χ0) is 22.4. The molecule has 0 amide bonds. The van der Waals surface area contributed by atoms with E-state index in [1.54, 1.807) is 7.11 Å². The summed E-state index contributed by atoms with van der Waals surface area (Å²) in [7, 11) is 1.66. The molecular weight excluding hydrogens is 406 g/mol. The number of aliphatic hydroxyl groups is 1. The fourth-order valence-electron chi connectivity index (χ4n) is 4.46. The van der Waals surface area contributed by atoms with Crippen LogP contribution in [0.15, 0.2) is 18.2 Å². The van der Waals surface area contributed by atoms with Crippen molar-refractivity contribution in [1.29, 1.82) is 0 Å². The fourth-order valence-corrected chi connectivity index (χ4v) is 4.46. The van der Waals surface area contributed by atoms with Crippen molar-refractivity contribution in [3.8, 4) is 11.5 Å². The molecule has 2 aliphatic rings. The van der Waals surface area contributed by atoms with Crippen LogP contribution in [0, 0.1) is 0 Å². The Hall–Kier alpha value is -1.38. The lowest BCUT2D eigenvalue weighted by Gasteiger charge is -2.27. The topological polar surface area (TPSA) is 66.4 Å². The molecule has 1 aromatic rings. The molecule has 32 heavy (non-hydrogen) atoms. The summed E-state index contributed by atoms with van der Waals surface area (Å²) in [5, 5.41) is 14.1. The van der Waals surface area contributed by atoms with E-state index in [2.05, 4.69) is 21.2 Å². The van der Waals surface area contributed by atoms with Crippen molar-refractivity contribution < 1.29 is 19.3 Å². The summed E-state index contributed by atoms with van der Waals surface area (Å²) in [6.07, 6.45) is 7.02. The lowest BCUT2D eigenvalue weighted by molar-refractivity contribution is 0.0374. The van der Waals surface area contributed by atoms with Crippen LogP contribution in [0.5, 0.6) is 11.5 Å². The van der Waals surface area contributed by atoms with Gasteiger partial charge in [-0.2, -0.15) is 0 Å². The number of methoxy groups -OCH3 is 1. The fraction of sp³-hybridized carbons (Fsp3) is 0.760. The number of nitrogens with zero attached hydrogens (tertiary/aromatic N) is 2. The van der Waals surface area contributed by atoms with Gasteiger partial charge in [-0.05, 0) is 63.1 Å². The van der Waals surface area contributed by atoms with Crippen LogP contribution in [0.1, 0.15) is 44.1 Å². The van der Waals surface area contributed by atoms with Crippen molar-refractivity contribution in [2.24, 2.45) is 0 Å². The van der Waals surface area contributed by atoms with Crippen molar-refractivity contribution in [2.75, 3.05) is 72.7 Å². The van der Waals surface area contributed by atoms with Crippen LogP contribution in [0.2, 0.25) is 0 Å². The standard InChI is InChI=1S/C25H43N3O4/c1-30-24-9-8-22(19-26-10-7-13-27-14-16-31-17-15-27)18-25(24)32-21-23(29)20-28-11-5-3-2-4-6-12-28/h8-9,18,23,26,29H,2-7,10-17,19-21H2,1H3/t23-/m0/s1. The van der Waals surface area contributed by atoms with Crippen molar-refractivity contribution in [3.63, 3.8) is 0 Å². The number of benzene rings is 1. The highest BCUT2D eigenvalue weighted by atomic mass is 16.5. The second kappa shape index (κ2) is 14.7. The molecule has 0 radical (unpaired) electrons. The third-order valence-corrected chi connectivity index (χ3v) is 6.34. The maximum Gasteiger partial charge on any atom is 0.161 e. The van der Waals surface area contributed by atoms with Crippen molar-refractivity contribution in [1.82, 2.24) is 15.1 Å². The SMILES string of the molecule is COc1ccc(CNCCCN2CCOCC2)cc1OC[C@@H](O)CN1CCCCCCC1. The summed E-state index contributed by atoms with van der Waals surface area (Å²) in [5.74, 6) is 1.41. The summed E-state index contributed by atoms with van der Waals surface area (Å²) >= 11 is 0. The van der Waals surface area contributed by atoms with Crippen LogP contribution >= 0.6 is 0 Å². The third kappa shape index (κ3) is 9.24. The smallest absolute Gasteiger partial charge is 0.161 e. The average molecular weight is 450 g/mol. The molecule has 7 heteroatoms. The van der Waals surface area contributed by atoms with E-state index in [0.29, 0.717) is 18.0 Å². The Kier molecular flexibility index (Phi) is 11.6. The first-order valence-corrected chi connectivity index (χ1v) is 12.5. The Labute approximate surface area is 194 Å². The van der Waals surface area contributed by atoms with E-state index < -0.39 is 6.10 Å². The number of hydrogen-bond acceptors (Lipinski definition) is 7. The van der Waals surface area contributed by atoms with E-state index in [4.69, 9.17) is 14.2 Å². The number of β-amino-alcohol motifs (C(OH)–C–C–N with tert-alkyl or cyclic N) is 1. The molecular formula is C25H43N3O4. The van der Waals surface area contributed by atoms with E-state index in [0.717, 1.165) is 71.0 Å². The summed E-state index contributed by atoms with van der Waals surface area (Å²) in [6, 6.07) is 6.04. The number of ether oxygens (including phenoxy) is 3. The highest BCUT2D eigenvalue weighted by molar-refractivity contribution is 5.43. The van der Waals surface area contributed by atoms with Gasteiger partial charge >= 0.3 is 0 Å². The largest absolute Gasteiger partial charge is 0.493 e. The maximum atomic E-state index is 10.5. The molecule has 0 spiro atoms. The Bertz CT molecular complexity index is 632. The molecule has 2 heterocycles. The Morgan fingerprint density at radius 1 is 1.00 bits per heavy atom. The quantitative estimate of drug-likeness (QED) is 0.475. The highest BCUT2D eigenvalue weighted by Gasteiger charge is 2.15. The van der Waals surface area contributed by atoms with Crippen LogP contribution in [-0.2, 0) is 11.3 Å². The Morgan fingerprint density at radius 2 is 1.75 bits per heavy atom. The summed E-state index contributed by atoms with van der Waals surface area (Å²) in [6.45, 7) is 9.79. The molecule has 2 N–H and O–H groups in total. The summed E-state index contributed by atoms with van der Waals surface area (Å²) in [4.78, 5) is 4.84. The second-order valence-corrected chi connectivity index (χ2v) is 9.00. The normalized spacial score (nSPS) is 19.8. The van der Waals surface area contributed by atoms with Gasteiger partial charge in [-0.3, -0.25) is 4.90 Å². The van der Waals surface area contributed by atoms with Gasteiger partial charge in [0.2, 0.25) is 0 Å². The minimum atomic E-state index is -0.499. The maximum absolute atomic E-state index is 10.5. The molecule has 0 saturated carbocycles. The zero-order valence-electron chi connectivity index (χ0n) is 19.9. The molecule has 0 aromatic heterocycles. The first-order chi connectivity index (χ1) is 15.7. The molecule has 2 fully saturated rings. The first-order valence-electron chi connectivity index (χ1n) is 12.5. The van der Waals surface area contributed by atoms with Crippen LogP contribution in [0.4, 0.5) is 0 Å². The second-order valence-electron chi connectivity index (χ2n) is 9.00. The molecule has 2 saturated heterocycles. The van der Waals surface area contributed by atoms with Crippen molar-refractivity contribution >= 4 is 0 Å². The summed E-state index contributed by atoms with van der Waals surface area (Å²) < 4.78 is 16.9. The third-order valence-electron chi connectivity index (χ3n) is 6.34. The number of morpholine rings is 1. The lowest BCUT2D eigenvalue weighted by atomic mass is 10.1. The van der Waals surface area contributed by atoms with Crippen molar-refractivity contribution in [2.45, 2.75) is 51.2 Å². The minimum Gasteiger partial charge on any atom is -0.493 e. The van der Waals surface area contributed by atoms with Gasteiger partial charge in [0.15, 0.2) is 11.5 Å². The molecule has 2 aliphatic heterocycles. The molecule has 0 bridgehead atoms. The van der Waals surface area contributed by atoms with Gasteiger partial charge in [-0.25, -0.2) is 0 Å². The van der Waals surface area contributed by atoms with Crippen molar-refractivity contribution in [3.05, 3.63) is 23.8 Å². The van der Waals surface area contributed by atoms with Gasteiger partial charge in [0.05, 0.1) is 20.3 Å². The van der Waals surface area contributed by atoms with Crippen LogP contribution in [0.3, 0.4) is 0 Å². The Balaban J connectivity index is 1.39. The minimum absolute atomic E-state index is 0.281. The molecule has 1 aromatic carbocycles. The zero-order valence-corrected chi connectivity index (χ0v) is 19.9. The number of aliphatic hydroxyl groups excluding tert-OH is 1. The molecule has 1 atom stereocenters. The van der Waals surface area contributed by atoms with Crippen LogP contribution in [-0.4, -0.2) is 93.8 Å². The predicted octanol–water partition coefficient (Wildman–Crippen LogP) is 2.51. The van der Waals surface area contributed by atoms with Gasteiger partial charge in [0.25, 0.3) is 0 Å². The van der Waals surface area contributed by atoms with Crippen LogP contribution in [0.25, 0.3) is 0 Å². The number of likely N-dealkylation sites (tertiary alicyclic amines) is 1. The number of rotatable bonds is 12. The molecule has 0 unspecified atom stereocenters.